The molecule has 0 saturated carbocycles. The highest BCUT2D eigenvalue weighted by Gasteiger charge is 2.26. The Bertz CT molecular complexity index is 937. The second-order valence-corrected chi connectivity index (χ2v) is 7.66. The van der Waals surface area contributed by atoms with E-state index < -0.39 is 0 Å². The fraction of sp³-hybridized carbons (Fsp3) is 0.348. The van der Waals surface area contributed by atoms with Gasteiger partial charge in [0.2, 0.25) is 17.6 Å². The van der Waals surface area contributed by atoms with Crippen LogP contribution in [0.15, 0.2) is 59.1 Å². The second-order valence-electron chi connectivity index (χ2n) is 7.66. The van der Waals surface area contributed by atoms with Crippen LogP contribution >= 0.6 is 0 Å². The van der Waals surface area contributed by atoms with E-state index in [1.54, 1.807) is 0 Å². The highest BCUT2D eigenvalue weighted by molar-refractivity contribution is 5.78. The smallest absolute Gasteiger partial charge is 0.241 e. The number of piperidine rings is 1. The van der Waals surface area contributed by atoms with Crippen LogP contribution in [0.25, 0.3) is 11.4 Å². The number of hydrogen-bond donors (Lipinski definition) is 1. The largest absolute Gasteiger partial charge is 0.352 e. The first-order valence-corrected chi connectivity index (χ1v) is 10.1. The second kappa shape index (κ2) is 9.01. The summed E-state index contributed by atoms with van der Waals surface area (Å²) in [6.07, 6.45) is 1.90. The van der Waals surface area contributed by atoms with Gasteiger partial charge in [-0.2, -0.15) is 4.98 Å². The number of likely N-dealkylation sites (tertiary alicyclic amines) is 1. The number of rotatable bonds is 6. The Balaban J connectivity index is 1.32. The predicted molar refractivity (Wildman–Crippen MR) is 111 cm³/mol. The summed E-state index contributed by atoms with van der Waals surface area (Å²) in [5.41, 5.74) is 3.26. The van der Waals surface area contributed by atoms with E-state index in [2.05, 4.69) is 20.4 Å². The van der Waals surface area contributed by atoms with Crippen LogP contribution in [0.2, 0.25) is 0 Å². The van der Waals surface area contributed by atoms with Gasteiger partial charge in [0.15, 0.2) is 0 Å². The number of benzene rings is 2. The number of carbonyl (C=O) groups excluding carboxylic acids is 1. The van der Waals surface area contributed by atoms with Crippen LogP contribution in [0.3, 0.4) is 0 Å². The van der Waals surface area contributed by atoms with Crippen molar-refractivity contribution in [1.82, 2.24) is 20.4 Å². The number of carbonyl (C=O) groups is 1. The van der Waals surface area contributed by atoms with Gasteiger partial charge in [-0.3, -0.25) is 9.69 Å². The molecule has 2 heterocycles. The van der Waals surface area contributed by atoms with Gasteiger partial charge in [-0.1, -0.05) is 65.3 Å². The lowest BCUT2D eigenvalue weighted by Crippen LogP contribution is -2.42. The lowest BCUT2D eigenvalue weighted by Gasteiger charge is -2.30. The number of nitrogens with zero attached hydrogens (tertiary/aromatic N) is 3. The molecule has 1 aliphatic heterocycles. The van der Waals surface area contributed by atoms with Crippen molar-refractivity contribution in [3.8, 4) is 11.4 Å². The Morgan fingerprint density at radius 1 is 1.17 bits per heavy atom. The molecule has 29 heavy (non-hydrogen) atoms. The number of nitrogens with one attached hydrogen (secondary N) is 1. The number of amides is 1. The molecule has 1 amide bonds. The van der Waals surface area contributed by atoms with Gasteiger partial charge < -0.3 is 9.84 Å². The molecule has 0 spiro atoms. The van der Waals surface area contributed by atoms with Crippen LogP contribution in [-0.4, -0.2) is 34.0 Å². The molecule has 1 atom stereocenters. The Labute approximate surface area is 170 Å². The van der Waals surface area contributed by atoms with Crippen LogP contribution in [0, 0.1) is 12.8 Å². The molecule has 0 radical (unpaired) electrons. The van der Waals surface area contributed by atoms with E-state index >= 15 is 0 Å². The van der Waals surface area contributed by atoms with Gasteiger partial charge in [-0.15, -0.1) is 0 Å². The van der Waals surface area contributed by atoms with Crippen LogP contribution in [0.5, 0.6) is 0 Å². The summed E-state index contributed by atoms with van der Waals surface area (Å²) in [7, 11) is 0. The van der Waals surface area contributed by atoms with Gasteiger partial charge in [0.25, 0.3) is 0 Å². The monoisotopic (exact) mass is 390 g/mol. The van der Waals surface area contributed by atoms with E-state index in [1.165, 1.54) is 5.56 Å². The summed E-state index contributed by atoms with van der Waals surface area (Å²) in [5, 5.41) is 7.17. The first kappa shape index (κ1) is 19.3. The summed E-state index contributed by atoms with van der Waals surface area (Å²) in [4.78, 5) is 19.4. The minimum absolute atomic E-state index is 0.00745. The number of hydrogen-bond acceptors (Lipinski definition) is 5. The normalized spacial score (nSPS) is 17.2. The molecule has 1 fully saturated rings. The lowest BCUT2D eigenvalue weighted by molar-refractivity contribution is -0.127. The Morgan fingerprint density at radius 2 is 1.97 bits per heavy atom. The standard InChI is InChI=1S/C23H26N4O2/c1-17-9-11-19(12-10-17)22-25-21(29-26-22)16-27-13-5-8-20(15-27)23(28)24-14-18-6-3-2-4-7-18/h2-4,6-7,9-12,20H,5,8,13-16H2,1H3,(H,24,28). The van der Waals surface area contributed by atoms with Gasteiger partial charge in [-0.25, -0.2) is 0 Å². The highest BCUT2D eigenvalue weighted by atomic mass is 16.5. The summed E-state index contributed by atoms with van der Waals surface area (Å²) in [6.45, 7) is 4.84. The number of aryl methyl sites for hydroxylation is 1. The molecule has 1 N–H and O–H groups in total. The quantitative estimate of drug-likeness (QED) is 0.697. The van der Waals surface area contributed by atoms with E-state index in [1.807, 2.05) is 61.5 Å². The van der Waals surface area contributed by atoms with Crippen molar-refractivity contribution in [2.45, 2.75) is 32.9 Å². The molecule has 6 heteroatoms. The molecule has 1 aliphatic rings. The van der Waals surface area contributed by atoms with E-state index in [-0.39, 0.29) is 11.8 Å². The maximum Gasteiger partial charge on any atom is 0.241 e. The van der Waals surface area contributed by atoms with Gasteiger partial charge in [0, 0.05) is 18.7 Å². The first-order valence-electron chi connectivity index (χ1n) is 10.1. The van der Waals surface area contributed by atoms with Crippen LogP contribution in [-0.2, 0) is 17.9 Å². The molecule has 0 aliphatic carbocycles. The number of aromatic nitrogens is 2. The van der Waals surface area contributed by atoms with Gasteiger partial charge >= 0.3 is 0 Å². The third kappa shape index (κ3) is 5.09. The highest BCUT2D eigenvalue weighted by Crippen LogP contribution is 2.21. The molecule has 1 unspecified atom stereocenters. The molecule has 0 bridgehead atoms. The zero-order valence-corrected chi connectivity index (χ0v) is 16.7. The van der Waals surface area contributed by atoms with E-state index in [4.69, 9.17) is 4.52 Å². The van der Waals surface area contributed by atoms with E-state index in [9.17, 15) is 4.79 Å². The van der Waals surface area contributed by atoms with Crippen LogP contribution in [0.4, 0.5) is 0 Å². The van der Waals surface area contributed by atoms with Crippen molar-refractivity contribution in [2.75, 3.05) is 13.1 Å². The molecule has 6 nitrogen and oxygen atoms in total. The van der Waals surface area contributed by atoms with Crippen molar-refractivity contribution < 1.29 is 9.32 Å². The third-order valence-corrected chi connectivity index (χ3v) is 5.32. The summed E-state index contributed by atoms with van der Waals surface area (Å²) >= 11 is 0. The minimum Gasteiger partial charge on any atom is -0.352 e. The zero-order valence-electron chi connectivity index (χ0n) is 16.7. The molecular weight excluding hydrogens is 364 g/mol. The SMILES string of the molecule is Cc1ccc(-c2noc(CN3CCCC(C(=O)NCc4ccccc4)C3)n2)cc1. The molecule has 2 aromatic carbocycles. The zero-order chi connectivity index (χ0) is 20.1. The lowest BCUT2D eigenvalue weighted by atomic mass is 9.97. The van der Waals surface area contributed by atoms with Crippen molar-refractivity contribution >= 4 is 5.91 Å². The van der Waals surface area contributed by atoms with Crippen molar-refractivity contribution in [2.24, 2.45) is 5.92 Å². The first-order chi connectivity index (χ1) is 14.2. The average Bonchev–Trinajstić information content (AvgIpc) is 3.22. The third-order valence-electron chi connectivity index (χ3n) is 5.32. The van der Waals surface area contributed by atoms with Crippen LogP contribution in [0.1, 0.15) is 29.9 Å². The Hall–Kier alpha value is -2.99. The van der Waals surface area contributed by atoms with Gasteiger partial charge in [-0.05, 0) is 31.9 Å². The minimum atomic E-state index is -0.00745. The maximum absolute atomic E-state index is 12.6. The van der Waals surface area contributed by atoms with Gasteiger partial charge in [0.05, 0.1) is 12.5 Å². The molecule has 3 aromatic rings. The van der Waals surface area contributed by atoms with Crippen LogP contribution < -0.4 is 5.32 Å². The average molecular weight is 390 g/mol. The molecular formula is C23H26N4O2. The summed E-state index contributed by atoms with van der Waals surface area (Å²) < 4.78 is 5.45. The van der Waals surface area contributed by atoms with Crippen molar-refractivity contribution in [1.29, 1.82) is 0 Å². The fourth-order valence-corrected chi connectivity index (χ4v) is 3.67. The summed E-state index contributed by atoms with van der Waals surface area (Å²) in [6, 6.07) is 18.1. The maximum atomic E-state index is 12.6. The van der Waals surface area contributed by atoms with E-state index in [0.717, 1.165) is 30.5 Å². The summed E-state index contributed by atoms with van der Waals surface area (Å²) in [5.74, 6) is 1.30. The molecule has 4 rings (SSSR count). The Morgan fingerprint density at radius 3 is 2.76 bits per heavy atom. The fourth-order valence-electron chi connectivity index (χ4n) is 3.67. The molecule has 150 valence electrons. The molecule has 1 aromatic heterocycles. The van der Waals surface area contributed by atoms with E-state index in [0.29, 0.717) is 31.3 Å². The Kier molecular flexibility index (Phi) is 6.00. The van der Waals surface area contributed by atoms with Gasteiger partial charge in [0.1, 0.15) is 0 Å². The predicted octanol–water partition coefficient (Wildman–Crippen LogP) is 3.57. The molecule has 1 saturated heterocycles. The van der Waals surface area contributed by atoms with Crippen molar-refractivity contribution in [3.05, 3.63) is 71.6 Å². The van der Waals surface area contributed by atoms with Crippen molar-refractivity contribution in [3.63, 3.8) is 0 Å². The topological polar surface area (TPSA) is 71.3 Å².